The second-order valence-corrected chi connectivity index (χ2v) is 13.3. The predicted octanol–water partition coefficient (Wildman–Crippen LogP) is 13.1. The van der Waals surface area contributed by atoms with Gasteiger partial charge in [-0.05, 0) is 85.3 Å². The van der Waals surface area contributed by atoms with Crippen LogP contribution in [0.4, 0.5) is 0 Å². The molecule has 0 bridgehead atoms. The molecule has 0 fully saturated rings. The van der Waals surface area contributed by atoms with Crippen molar-refractivity contribution in [2.75, 3.05) is 0 Å². The Labute approximate surface area is 335 Å². The van der Waals surface area contributed by atoms with Crippen LogP contribution in [0.5, 0.6) is 0 Å². The third-order valence-electron chi connectivity index (χ3n) is 10.0. The van der Waals surface area contributed by atoms with E-state index in [2.05, 4.69) is 106 Å². The summed E-state index contributed by atoms with van der Waals surface area (Å²) in [7, 11) is 0. The van der Waals surface area contributed by atoms with Gasteiger partial charge in [0.1, 0.15) is 0 Å². The lowest BCUT2D eigenvalue weighted by atomic mass is 9.93. The van der Waals surface area contributed by atoms with Crippen molar-refractivity contribution in [2.24, 2.45) is 0 Å². The molecule has 10 rings (SSSR count). The Morgan fingerprint density at radius 1 is 0.309 bits per heavy atom. The van der Waals surface area contributed by atoms with Crippen molar-refractivity contribution in [3.05, 3.63) is 211 Å². The van der Waals surface area contributed by atoms with Crippen LogP contribution < -0.4 is 0 Å². The zero-order chi connectivity index (χ0) is 45.3. The lowest BCUT2D eigenvalue weighted by Gasteiger charge is -2.12. The van der Waals surface area contributed by atoms with E-state index in [4.69, 9.17) is 13.7 Å². The molecule has 0 atom stereocenters. The largest absolute Gasteiger partial charge is 0.208 e. The first-order chi connectivity index (χ1) is 31.4. The Kier molecular flexibility index (Phi) is 5.95. The summed E-state index contributed by atoms with van der Waals surface area (Å²) in [6.07, 6.45) is 0.669. The molecular weight excluding hydrogens is 667 g/mol. The Hall–Kier alpha value is -7.23. The van der Waals surface area contributed by atoms with Crippen molar-refractivity contribution in [1.29, 1.82) is 0 Å². The first-order valence-corrected chi connectivity index (χ1v) is 17.9. The summed E-state index contributed by atoms with van der Waals surface area (Å²) in [6.45, 7) is 0. The lowest BCUT2D eigenvalue weighted by Crippen LogP contribution is -2.00. The average Bonchev–Trinajstić information content (AvgIpc) is 3.74. The molecule has 3 nitrogen and oxygen atoms in total. The fourth-order valence-electron chi connectivity index (χ4n) is 7.41. The van der Waals surface area contributed by atoms with E-state index in [9.17, 15) is 0 Å². The number of aromatic nitrogens is 3. The molecular formula is C52H35N3. The predicted molar refractivity (Wildman–Crippen MR) is 226 cm³/mol. The molecule has 1 aliphatic carbocycles. The van der Waals surface area contributed by atoms with Gasteiger partial charge < -0.3 is 0 Å². The van der Waals surface area contributed by atoms with E-state index >= 15 is 0 Å². The Morgan fingerprint density at radius 3 is 1.24 bits per heavy atom. The Bertz CT molecular complexity index is 3270. The Balaban J connectivity index is 1.05. The van der Waals surface area contributed by atoms with Crippen molar-refractivity contribution in [2.45, 2.75) is 6.42 Å². The third-order valence-corrected chi connectivity index (χ3v) is 10.0. The van der Waals surface area contributed by atoms with Crippen molar-refractivity contribution >= 4 is 0 Å². The molecule has 8 aromatic carbocycles. The van der Waals surface area contributed by atoms with E-state index in [1.54, 1.807) is 6.07 Å². The van der Waals surface area contributed by atoms with Crippen LogP contribution in [0.25, 0.3) is 89.8 Å². The van der Waals surface area contributed by atoms with Crippen LogP contribution in [-0.4, -0.2) is 15.0 Å². The number of rotatable bonds is 7. The van der Waals surface area contributed by atoms with E-state index in [1.165, 1.54) is 11.1 Å². The molecule has 0 spiro atoms. The molecule has 0 aliphatic heterocycles. The van der Waals surface area contributed by atoms with Crippen LogP contribution in [0.2, 0.25) is 0 Å². The van der Waals surface area contributed by atoms with Gasteiger partial charge in [0.2, 0.25) is 0 Å². The van der Waals surface area contributed by atoms with Gasteiger partial charge in [-0.2, -0.15) is 0 Å². The van der Waals surface area contributed by atoms with Crippen LogP contribution in [0.3, 0.4) is 0 Å². The number of hydrogen-bond acceptors (Lipinski definition) is 3. The number of benzene rings is 8. The molecule has 0 N–H and O–H groups in total. The molecule has 9 aromatic rings. The summed E-state index contributed by atoms with van der Waals surface area (Å²) < 4.78 is 84.4. The van der Waals surface area contributed by atoms with Crippen LogP contribution in [0, 0.1) is 0 Å². The molecule has 55 heavy (non-hydrogen) atoms. The van der Waals surface area contributed by atoms with E-state index in [-0.39, 0.29) is 28.6 Å². The molecule has 258 valence electrons. The topological polar surface area (TPSA) is 38.7 Å². The molecule has 1 heterocycles. The fraction of sp³-hybridized carbons (Fsp3) is 0.0192. The minimum absolute atomic E-state index is 0.0122. The molecule has 0 radical (unpaired) electrons. The van der Waals surface area contributed by atoms with Gasteiger partial charge in [0, 0.05) is 16.7 Å². The zero-order valence-electron chi connectivity index (χ0n) is 39.3. The summed E-state index contributed by atoms with van der Waals surface area (Å²) in [4.78, 5) is 13.7. The maximum atomic E-state index is 8.70. The summed E-state index contributed by atoms with van der Waals surface area (Å²) >= 11 is 0. The van der Waals surface area contributed by atoms with E-state index in [0.717, 1.165) is 55.6 Å². The van der Waals surface area contributed by atoms with Crippen molar-refractivity contribution in [3.8, 4) is 89.8 Å². The van der Waals surface area contributed by atoms with Gasteiger partial charge in [0.25, 0.3) is 0 Å². The van der Waals surface area contributed by atoms with Gasteiger partial charge in [-0.3, -0.25) is 0 Å². The van der Waals surface area contributed by atoms with Crippen molar-refractivity contribution in [1.82, 2.24) is 15.0 Å². The molecule has 3 heteroatoms. The Morgan fingerprint density at radius 2 is 0.691 bits per heavy atom. The average molecular weight is 712 g/mol. The summed E-state index contributed by atoms with van der Waals surface area (Å²) in [5.41, 5.74) is 13.1. The summed E-state index contributed by atoms with van der Waals surface area (Å²) in [5, 5.41) is 0. The highest BCUT2D eigenvalue weighted by atomic mass is 15.0. The first-order valence-electron chi connectivity index (χ1n) is 22.9. The van der Waals surface area contributed by atoms with Crippen molar-refractivity contribution in [3.63, 3.8) is 0 Å². The van der Waals surface area contributed by atoms with Gasteiger partial charge in [0.15, 0.2) is 17.5 Å². The third kappa shape index (κ3) is 6.22. The zero-order valence-corrected chi connectivity index (χ0v) is 29.3. The molecule has 0 saturated heterocycles. The number of fused-ring (bicyclic) bond motifs is 3. The standard InChI is InChI=1S/C52H35N3/c1-4-14-35(15-5-1)36-28-30-37(31-29-36)40-20-10-21-41(32-40)44-24-12-26-46-47-27-13-25-45(49(47)34-48(44)46)42-22-11-23-43(33-42)52-54-50(38-16-6-2-7-17-38)53-51(55-52)39-18-8-3-9-19-39/h1-33H,34H2/i2D,3D,6D,7D,8D,9D,16D,17D,18D,19D. The summed E-state index contributed by atoms with van der Waals surface area (Å²) in [6, 6.07) is 41.9. The summed E-state index contributed by atoms with van der Waals surface area (Å²) in [5.74, 6) is -0.606. The van der Waals surface area contributed by atoms with Gasteiger partial charge in [-0.15, -0.1) is 0 Å². The smallest absolute Gasteiger partial charge is 0.164 e. The maximum Gasteiger partial charge on any atom is 0.164 e. The normalized spacial score (nSPS) is 14.1. The quantitative estimate of drug-likeness (QED) is 0.165. The van der Waals surface area contributed by atoms with E-state index < -0.39 is 60.4 Å². The van der Waals surface area contributed by atoms with Gasteiger partial charge in [0.05, 0.1) is 13.7 Å². The van der Waals surface area contributed by atoms with Crippen LogP contribution in [0.15, 0.2) is 200 Å². The lowest BCUT2D eigenvalue weighted by molar-refractivity contribution is 1.07. The minimum atomic E-state index is -0.599. The second kappa shape index (κ2) is 14.0. The fourth-order valence-corrected chi connectivity index (χ4v) is 7.41. The molecule has 0 amide bonds. The van der Waals surface area contributed by atoms with Gasteiger partial charge >= 0.3 is 0 Å². The van der Waals surface area contributed by atoms with E-state index in [1.807, 2.05) is 42.5 Å². The van der Waals surface area contributed by atoms with Crippen LogP contribution >= 0.6 is 0 Å². The SMILES string of the molecule is [2H]c1c([2H])c([2H])c(-c2nc(-c3cccc(-c4cccc5c4Cc4c(-c6cccc(-c7ccc(-c8ccccc8)cc7)c6)cccc4-5)c3)nc(-c3c([2H])c([2H])c([2H])c([2H])c3[2H])n2)c([2H])c1[2H]. The van der Waals surface area contributed by atoms with Crippen LogP contribution in [-0.2, 0) is 6.42 Å². The van der Waals surface area contributed by atoms with Crippen molar-refractivity contribution < 1.29 is 13.7 Å². The van der Waals surface area contributed by atoms with Gasteiger partial charge in [-0.1, -0.05) is 188 Å². The number of hydrogen-bond donors (Lipinski definition) is 0. The van der Waals surface area contributed by atoms with E-state index in [0.29, 0.717) is 12.0 Å². The highest BCUT2D eigenvalue weighted by molar-refractivity contribution is 5.90. The maximum absolute atomic E-state index is 8.70. The molecule has 0 saturated carbocycles. The second-order valence-electron chi connectivity index (χ2n) is 13.3. The highest BCUT2D eigenvalue weighted by Gasteiger charge is 2.25. The molecule has 1 aliphatic rings. The van der Waals surface area contributed by atoms with Crippen LogP contribution in [0.1, 0.15) is 24.8 Å². The first kappa shape index (κ1) is 23.4. The monoisotopic (exact) mass is 711 g/mol. The molecule has 1 aromatic heterocycles. The molecule has 0 unspecified atom stereocenters. The van der Waals surface area contributed by atoms with Gasteiger partial charge in [-0.25, -0.2) is 15.0 Å². The number of nitrogens with zero attached hydrogens (tertiary/aromatic N) is 3. The highest BCUT2D eigenvalue weighted by Crippen LogP contribution is 2.46. The minimum Gasteiger partial charge on any atom is -0.208 e.